The molecule has 23 heavy (non-hydrogen) atoms. The molecule has 1 aliphatic heterocycles. The largest absolute Gasteiger partial charge is 0.478 e. The van der Waals surface area contributed by atoms with Gasteiger partial charge in [0.1, 0.15) is 0 Å². The van der Waals surface area contributed by atoms with Crippen molar-refractivity contribution in [3.8, 4) is 0 Å². The number of hydrogen-bond donors (Lipinski definition) is 1. The summed E-state index contributed by atoms with van der Waals surface area (Å²) < 4.78 is 1.99. The number of aryl methyl sites for hydroxylation is 1. The van der Waals surface area contributed by atoms with Crippen LogP contribution in [-0.2, 0) is 6.54 Å². The van der Waals surface area contributed by atoms with Gasteiger partial charge < -0.3 is 10.0 Å². The van der Waals surface area contributed by atoms with Crippen LogP contribution in [0.2, 0.25) is 0 Å². The lowest BCUT2D eigenvalue weighted by atomic mass is 10.2. The molecule has 122 valence electrons. The molecule has 0 spiro atoms. The van der Waals surface area contributed by atoms with Crippen molar-refractivity contribution in [1.82, 2.24) is 14.7 Å². The van der Waals surface area contributed by atoms with E-state index >= 15 is 0 Å². The third kappa shape index (κ3) is 3.90. The van der Waals surface area contributed by atoms with Crippen molar-refractivity contribution in [1.29, 1.82) is 0 Å². The van der Waals surface area contributed by atoms with E-state index in [1.54, 1.807) is 12.1 Å². The molecule has 1 fully saturated rings. The Kier molecular flexibility index (Phi) is 4.62. The van der Waals surface area contributed by atoms with Gasteiger partial charge in [0.15, 0.2) is 0 Å². The molecule has 0 bridgehead atoms. The zero-order valence-corrected chi connectivity index (χ0v) is 13.4. The Bertz CT molecular complexity index is 657. The third-order valence-electron chi connectivity index (χ3n) is 4.27. The number of benzene rings is 1. The molecule has 1 aromatic carbocycles. The van der Waals surface area contributed by atoms with E-state index in [0.29, 0.717) is 5.56 Å². The average Bonchev–Trinajstić information content (AvgIpc) is 2.99. The van der Waals surface area contributed by atoms with Gasteiger partial charge in [0.25, 0.3) is 0 Å². The van der Waals surface area contributed by atoms with E-state index in [9.17, 15) is 4.79 Å². The maximum absolute atomic E-state index is 10.9. The second-order valence-electron chi connectivity index (χ2n) is 5.90. The Morgan fingerprint density at radius 1 is 1.09 bits per heavy atom. The normalized spacial score (nSPS) is 15.8. The fraction of sp³-hybridized carbons (Fsp3) is 0.412. The SMILES string of the molecule is Cc1ccn(CCN2CCN(c3ccc(C(=O)O)cc3)CC2)n1. The zero-order chi connectivity index (χ0) is 16.2. The minimum atomic E-state index is -0.879. The first-order valence-electron chi connectivity index (χ1n) is 7.92. The van der Waals surface area contributed by atoms with E-state index in [1.807, 2.05) is 36.0 Å². The van der Waals surface area contributed by atoms with E-state index in [-0.39, 0.29) is 0 Å². The number of hydrogen-bond acceptors (Lipinski definition) is 4. The van der Waals surface area contributed by atoms with Crippen LogP contribution < -0.4 is 4.90 Å². The molecule has 0 radical (unpaired) electrons. The van der Waals surface area contributed by atoms with Gasteiger partial charge in [0, 0.05) is 44.6 Å². The molecular formula is C17H22N4O2. The fourth-order valence-electron chi connectivity index (χ4n) is 2.88. The molecule has 0 atom stereocenters. The van der Waals surface area contributed by atoms with Crippen LogP contribution in [0.5, 0.6) is 0 Å². The first kappa shape index (κ1) is 15.6. The molecule has 2 heterocycles. The zero-order valence-electron chi connectivity index (χ0n) is 13.4. The molecule has 0 aliphatic carbocycles. The van der Waals surface area contributed by atoms with Crippen molar-refractivity contribution in [2.45, 2.75) is 13.5 Å². The van der Waals surface area contributed by atoms with Gasteiger partial charge in [-0.05, 0) is 37.3 Å². The predicted octanol–water partition coefficient (Wildman–Crippen LogP) is 1.71. The standard InChI is InChI=1S/C17H22N4O2/c1-14-6-7-21(18-14)13-10-19-8-11-20(12-9-19)16-4-2-15(3-5-16)17(22)23/h2-7H,8-13H2,1H3,(H,22,23). The summed E-state index contributed by atoms with van der Waals surface area (Å²) in [6.45, 7) is 7.88. The Morgan fingerprint density at radius 2 is 1.78 bits per heavy atom. The Hall–Kier alpha value is -2.34. The molecule has 0 saturated carbocycles. The maximum atomic E-state index is 10.9. The third-order valence-corrected chi connectivity index (χ3v) is 4.27. The molecule has 6 nitrogen and oxygen atoms in total. The molecule has 1 saturated heterocycles. The van der Waals surface area contributed by atoms with E-state index < -0.39 is 5.97 Å². The molecule has 1 aromatic heterocycles. The molecule has 2 aromatic rings. The molecular weight excluding hydrogens is 292 g/mol. The van der Waals surface area contributed by atoms with Crippen LogP contribution in [0.4, 0.5) is 5.69 Å². The average molecular weight is 314 g/mol. The molecule has 0 unspecified atom stereocenters. The van der Waals surface area contributed by atoms with Crippen molar-refractivity contribution in [3.05, 3.63) is 47.8 Å². The van der Waals surface area contributed by atoms with Crippen molar-refractivity contribution >= 4 is 11.7 Å². The predicted molar refractivity (Wildman–Crippen MR) is 89.0 cm³/mol. The topological polar surface area (TPSA) is 61.6 Å². The number of carbonyl (C=O) groups is 1. The van der Waals surface area contributed by atoms with Gasteiger partial charge in [-0.25, -0.2) is 4.79 Å². The summed E-state index contributed by atoms with van der Waals surface area (Å²) in [4.78, 5) is 15.6. The van der Waals surface area contributed by atoms with Crippen molar-refractivity contribution in [3.63, 3.8) is 0 Å². The van der Waals surface area contributed by atoms with E-state index in [0.717, 1.165) is 50.6 Å². The Balaban J connectivity index is 1.49. The highest BCUT2D eigenvalue weighted by Crippen LogP contribution is 2.17. The molecule has 3 rings (SSSR count). The van der Waals surface area contributed by atoms with Crippen molar-refractivity contribution < 1.29 is 9.90 Å². The van der Waals surface area contributed by atoms with Gasteiger partial charge in [0.2, 0.25) is 0 Å². The summed E-state index contributed by atoms with van der Waals surface area (Å²) in [5, 5.41) is 13.4. The number of anilines is 1. The summed E-state index contributed by atoms with van der Waals surface area (Å²) >= 11 is 0. The lowest BCUT2D eigenvalue weighted by molar-refractivity contribution is 0.0697. The quantitative estimate of drug-likeness (QED) is 0.910. The van der Waals surface area contributed by atoms with E-state index in [4.69, 9.17) is 5.11 Å². The lowest BCUT2D eigenvalue weighted by Crippen LogP contribution is -2.47. The summed E-state index contributed by atoms with van der Waals surface area (Å²) in [5.74, 6) is -0.879. The number of aromatic nitrogens is 2. The van der Waals surface area contributed by atoms with Crippen molar-refractivity contribution in [2.24, 2.45) is 0 Å². The highest BCUT2D eigenvalue weighted by Gasteiger charge is 2.17. The number of rotatable bonds is 5. The fourth-order valence-corrected chi connectivity index (χ4v) is 2.88. The summed E-state index contributed by atoms with van der Waals surface area (Å²) in [6, 6.07) is 9.16. The smallest absolute Gasteiger partial charge is 0.335 e. The Morgan fingerprint density at radius 3 is 2.35 bits per heavy atom. The van der Waals surface area contributed by atoms with Gasteiger partial charge in [-0.3, -0.25) is 9.58 Å². The minimum absolute atomic E-state index is 0.335. The summed E-state index contributed by atoms with van der Waals surface area (Å²) in [6.07, 6.45) is 2.02. The number of piperazine rings is 1. The van der Waals surface area contributed by atoms with Crippen LogP contribution in [-0.4, -0.2) is 58.5 Å². The summed E-state index contributed by atoms with van der Waals surface area (Å²) in [5.41, 5.74) is 2.49. The number of carboxylic acids is 1. The van der Waals surface area contributed by atoms with E-state index in [1.165, 1.54) is 0 Å². The Labute approximate surface area is 135 Å². The van der Waals surface area contributed by atoms with Crippen LogP contribution in [0.1, 0.15) is 16.1 Å². The number of carboxylic acid groups (broad SMARTS) is 1. The van der Waals surface area contributed by atoms with Crippen LogP contribution in [0.15, 0.2) is 36.5 Å². The van der Waals surface area contributed by atoms with Gasteiger partial charge in [0.05, 0.1) is 17.8 Å². The molecule has 0 amide bonds. The minimum Gasteiger partial charge on any atom is -0.478 e. The second-order valence-corrected chi connectivity index (χ2v) is 5.90. The lowest BCUT2D eigenvalue weighted by Gasteiger charge is -2.36. The first-order valence-corrected chi connectivity index (χ1v) is 7.92. The molecule has 1 aliphatic rings. The second kappa shape index (κ2) is 6.83. The van der Waals surface area contributed by atoms with Crippen molar-refractivity contribution in [2.75, 3.05) is 37.6 Å². The van der Waals surface area contributed by atoms with Gasteiger partial charge >= 0.3 is 5.97 Å². The summed E-state index contributed by atoms with van der Waals surface area (Å²) in [7, 11) is 0. The van der Waals surface area contributed by atoms with Gasteiger partial charge in [-0.15, -0.1) is 0 Å². The highest BCUT2D eigenvalue weighted by atomic mass is 16.4. The first-order chi connectivity index (χ1) is 11.1. The van der Waals surface area contributed by atoms with Gasteiger partial charge in [-0.2, -0.15) is 5.10 Å². The van der Waals surface area contributed by atoms with Gasteiger partial charge in [-0.1, -0.05) is 0 Å². The number of nitrogens with zero attached hydrogens (tertiary/aromatic N) is 4. The van der Waals surface area contributed by atoms with Crippen LogP contribution in [0.25, 0.3) is 0 Å². The molecule has 1 N–H and O–H groups in total. The van der Waals surface area contributed by atoms with Crippen LogP contribution in [0, 0.1) is 6.92 Å². The van der Waals surface area contributed by atoms with Crippen LogP contribution >= 0.6 is 0 Å². The van der Waals surface area contributed by atoms with E-state index in [2.05, 4.69) is 14.9 Å². The van der Waals surface area contributed by atoms with Crippen LogP contribution in [0.3, 0.4) is 0 Å². The number of aromatic carboxylic acids is 1. The monoisotopic (exact) mass is 314 g/mol. The molecule has 6 heteroatoms. The highest BCUT2D eigenvalue weighted by molar-refractivity contribution is 5.88. The maximum Gasteiger partial charge on any atom is 0.335 e.